The van der Waals surface area contributed by atoms with Gasteiger partial charge in [-0.05, 0) is 39.0 Å². The largest absolute Gasteiger partial charge is 0.468 e. The summed E-state index contributed by atoms with van der Waals surface area (Å²) in [4.78, 5) is 2.55. The Hall–Kier alpha value is -0.800. The highest BCUT2D eigenvalue weighted by Crippen LogP contribution is 2.16. The van der Waals surface area contributed by atoms with Gasteiger partial charge in [0.05, 0.1) is 12.8 Å². The van der Waals surface area contributed by atoms with E-state index >= 15 is 0 Å². The standard InChI is InChI=1S/C13H22N2O/c1-14-10-13-12(6-9-16-13)11-15-7-4-2-3-5-8-15/h6,9,14H,2-5,7-8,10-11H2,1H3. The quantitative estimate of drug-likeness (QED) is 0.848. The molecule has 16 heavy (non-hydrogen) atoms. The number of furan rings is 1. The third-order valence-corrected chi connectivity index (χ3v) is 3.27. The lowest BCUT2D eigenvalue weighted by molar-refractivity contribution is 0.274. The average Bonchev–Trinajstić information content (AvgIpc) is 2.56. The van der Waals surface area contributed by atoms with Crippen molar-refractivity contribution in [1.29, 1.82) is 0 Å². The van der Waals surface area contributed by atoms with E-state index in [0.717, 1.165) is 18.8 Å². The van der Waals surface area contributed by atoms with Crippen LogP contribution in [0.15, 0.2) is 16.7 Å². The van der Waals surface area contributed by atoms with Gasteiger partial charge in [0.2, 0.25) is 0 Å². The molecule has 3 nitrogen and oxygen atoms in total. The first-order valence-electron chi connectivity index (χ1n) is 6.32. The highest BCUT2D eigenvalue weighted by atomic mass is 16.3. The van der Waals surface area contributed by atoms with Gasteiger partial charge in [0, 0.05) is 12.1 Å². The lowest BCUT2D eigenvalue weighted by Crippen LogP contribution is -2.24. The Balaban J connectivity index is 1.93. The minimum absolute atomic E-state index is 0.830. The van der Waals surface area contributed by atoms with Crippen molar-refractivity contribution >= 4 is 0 Å². The highest BCUT2D eigenvalue weighted by Gasteiger charge is 2.12. The van der Waals surface area contributed by atoms with Gasteiger partial charge in [-0.1, -0.05) is 12.8 Å². The van der Waals surface area contributed by atoms with E-state index in [2.05, 4.69) is 16.3 Å². The second kappa shape index (κ2) is 6.06. The molecule has 0 aromatic carbocycles. The zero-order valence-electron chi connectivity index (χ0n) is 10.2. The molecule has 0 radical (unpaired) electrons. The molecule has 0 unspecified atom stereocenters. The molecule has 0 amide bonds. The van der Waals surface area contributed by atoms with Gasteiger partial charge in [-0.25, -0.2) is 0 Å². The van der Waals surface area contributed by atoms with Crippen LogP contribution < -0.4 is 5.32 Å². The summed E-state index contributed by atoms with van der Waals surface area (Å²) in [5.74, 6) is 1.09. The van der Waals surface area contributed by atoms with Crippen LogP contribution in [0.25, 0.3) is 0 Å². The van der Waals surface area contributed by atoms with Crippen molar-refractivity contribution < 1.29 is 4.42 Å². The molecule has 2 rings (SSSR count). The van der Waals surface area contributed by atoms with E-state index < -0.39 is 0 Å². The first-order chi connectivity index (χ1) is 7.90. The maximum absolute atomic E-state index is 5.49. The van der Waals surface area contributed by atoms with Gasteiger partial charge >= 0.3 is 0 Å². The first kappa shape index (κ1) is 11.7. The maximum Gasteiger partial charge on any atom is 0.122 e. The Morgan fingerprint density at radius 3 is 2.69 bits per heavy atom. The van der Waals surface area contributed by atoms with E-state index in [0.29, 0.717) is 0 Å². The maximum atomic E-state index is 5.49. The molecular weight excluding hydrogens is 200 g/mol. The van der Waals surface area contributed by atoms with Crippen LogP contribution in [-0.2, 0) is 13.1 Å². The van der Waals surface area contributed by atoms with E-state index in [9.17, 15) is 0 Å². The number of rotatable bonds is 4. The Morgan fingerprint density at radius 1 is 1.25 bits per heavy atom. The van der Waals surface area contributed by atoms with Crippen LogP contribution >= 0.6 is 0 Å². The molecule has 0 aliphatic carbocycles. The predicted octanol–water partition coefficient (Wildman–Crippen LogP) is 2.38. The third-order valence-electron chi connectivity index (χ3n) is 3.27. The number of nitrogens with zero attached hydrogens (tertiary/aromatic N) is 1. The highest BCUT2D eigenvalue weighted by molar-refractivity contribution is 5.16. The van der Waals surface area contributed by atoms with Crippen molar-refractivity contribution in [3.63, 3.8) is 0 Å². The monoisotopic (exact) mass is 222 g/mol. The van der Waals surface area contributed by atoms with E-state index in [1.54, 1.807) is 6.26 Å². The van der Waals surface area contributed by atoms with Crippen LogP contribution in [0.5, 0.6) is 0 Å². The summed E-state index contributed by atoms with van der Waals surface area (Å²) in [5, 5.41) is 3.15. The van der Waals surface area contributed by atoms with Crippen molar-refractivity contribution in [2.75, 3.05) is 20.1 Å². The summed E-state index contributed by atoms with van der Waals surface area (Å²) >= 11 is 0. The summed E-state index contributed by atoms with van der Waals surface area (Å²) < 4.78 is 5.49. The Labute approximate surface area is 97.8 Å². The Kier molecular flexibility index (Phi) is 4.43. The van der Waals surface area contributed by atoms with Crippen molar-refractivity contribution in [2.45, 2.75) is 38.8 Å². The number of hydrogen-bond acceptors (Lipinski definition) is 3. The first-order valence-corrected chi connectivity index (χ1v) is 6.32. The summed E-state index contributed by atoms with van der Waals surface area (Å²) in [7, 11) is 1.96. The second-order valence-electron chi connectivity index (χ2n) is 4.59. The molecule has 1 N–H and O–H groups in total. The summed E-state index contributed by atoms with van der Waals surface area (Å²) in [6.07, 6.45) is 7.29. The number of nitrogens with one attached hydrogen (secondary N) is 1. The lowest BCUT2D eigenvalue weighted by atomic mass is 10.2. The summed E-state index contributed by atoms with van der Waals surface area (Å²) in [6.45, 7) is 4.36. The van der Waals surface area contributed by atoms with E-state index in [4.69, 9.17) is 4.42 Å². The van der Waals surface area contributed by atoms with Crippen LogP contribution in [0.4, 0.5) is 0 Å². The fourth-order valence-electron chi connectivity index (χ4n) is 2.36. The van der Waals surface area contributed by atoms with Gasteiger partial charge in [0.25, 0.3) is 0 Å². The third kappa shape index (κ3) is 3.09. The van der Waals surface area contributed by atoms with E-state index in [-0.39, 0.29) is 0 Å². The minimum atomic E-state index is 0.830. The molecule has 2 heterocycles. The average molecular weight is 222 g/mol. The second-order valence-corrected chi connectivity index (χ2v) is 4.59. The number of hydrogen-bond donors (Lipinski definition) is 1. The number of likely N-dealkylation sites (tertiary alicyclic amines) is 1. The minimum Gasteiger partial charge on any atom is -0.468 e. The topological polar surface area (TPSA) is 28.4 Å². The van der Waals surface area contributed by atoms with Crippen molar-refractivity contribution in [3.8, 4) is 0 Å². The van der Waals surface area contributed by atoms with Crippen molar-refractivity contribution in [2.24, 2.45) is 0 Å². The van der Waals surface area contributed by atoms with Gasteiger partial charge in [0.1, 0.15) is 5.76 Å². The van der Waals surface area contributed by atoms with Gasteiger partial charge in [-0.3, -0.25) is 4.90 Å². The van der Waals surface area contributed by atoms with Gasteiger partial charge < -0.3 is 9.73 Å². The molecule has 1 aliphatic rings. The molecule has 90 valence electrons. The molecule has 1 fully saturated rings. The van der Waals surface area contributed by atoms with Crippen LogP contribution in [-0.4, -0.2) is 25.0 Å². The molecule has 0 spiro atoms. The Bertz CT molecular complexity index is 301. The molecule has 0 atom stereocenters. The van der Waals surface area contributed by atoms with Crippen molar-refractivity contribution in [1.82, 2.24) is 10.2 Å². The van der Waals surface area contributed by atoms with Gasteiger partial charge in [0.15, 0.2) is 0 Å². The molecule has 1 saturated heterocycles. The predicted molar refractivity (Wildman–Crippen MR) is 65.2 cm³/mol. The molecule has 1 aromatic heterocycles. The smallest absolute Gasteiger partial charge is 0.122 e. The fraction of sp³-hybridized carbons (Fsp3) is 0.692. The SMILES string of the molecule is CNCc1occc1CN1CCCCCC1. The van der Waals surface area contributed by atoms with Crippen molar-refractivity contribution in [3.05, 3.63) is 23.7 Å². The zero-order valence-corrected chi connectivity index (χ0v) is 10.2. The van der Waals surface area contributed by atoms with Crippen LogP contribution in [0.2, 0.25) is 0 Å². The molecule has 3 heteroatoms. The lowest BCUT2D eigenvalue weighted by Gasteiger charge is -2.19. The van der Waals surface area contributed by atoms with Gasteiger partial charge in [-0.15, -0.1) is 0 Å². The summed E-state index contributed by atoms with van der Waals surface area (Å²) in [6, 6.07) is 2.11. The normalized spacial score (nSPS) is 18.6. The molecular formula is C13H22N2O. The van der Waals surface area contributed by atoms with Crippen LogP contribution in [0.3, 0.4) is 0 Å². The zero-order chi connectivity index (χ0) is 11.2. The summed E-state index contributed by atoms with van der Waals surface area (Å²) in [5.41, 5.74) is 1.34. The van der Waals surface area contributed by atoms with Crippen LogP contribution in [0.1, 0.15) is 37.0 Å². The van der Waals surface area contributed by atoms with Crippen LogP contribution in [0, 0.1) is 0 Å². The Morgan fingerprint density at radius 2 is 2.00 bits per heavy atom. The molecule has 0 saturated carbocycles. The molecule has 0 bridgehead atoms. The fourth-order valence-corrected chi connectivity index (χ4v) is 2.36. The van der Waals surface area contributed by atoms with E-state index in [1.807, 2.05) is 7.05 Å². The molecule has 1 aromatic rings. The van der Waals surface area contributed by atoms with Gasteiger partial charge in [-0.2, -0.15) is 0 Å². The molecule has 1 aliphatic heterocycles. The van der Waals surface area contributed by atoms with E-state index in [1.165, 1.54) is 44.3 Å².